The van der Waals surface area contributed by atoms with Gasteiger partial charge >= 0.3 is 0 Å². The fourth-order valence-corrected chi connectivity index (χ4v) is 2.00. The van der Waals surface area contributed by atoms with Crippen molar-refractivity contribution < 1.29 is 0 Å². The summed E-state index contributed by atoms with van der Waals surface area (Å²) in [6.07, 6.45) is 4.26. The number of hydrogen-bond donors (Lipinski definition) is 2. The van der Waals surface area contributed by atoms with Gasteiger partial charge in [-0.05, 0) is 23.8 Å². The van der Waals surface area contributed by atoms with E-state index in [9.17, 15) is 0 Å². The average molecular weight is 194 g/mol. The fraction of sp³-hybridized carbons (Fsp3) is 0.750. The zero-order valence-electron chi connectivity index (χ0n) is 9.99. The van der Waals surface area contributed by atoms with Gasteiger partial charge in [-0.3, -0.25) is 0 Å². The Bertz CT molecular complexity index is 272. The monoisotopic (exact) mass is 194 g/mol. The molecule has 0 saturated heterocycles. The Labute approximate surface area is 87.3 Å². The van der Waals surface area contributed by atoms with Crippen LogP contribution in [-0.2, 0) is 0 Å². The average Bonchev–Trinajstić information content (AvgIpc) is 2.08. The van der Waals surface area contributed by atoms with E-state index >= 15 is 0 Å². The van der Waals surface area contributed by atoms with Crippen molar-refractivity contribution in [1.29, 1.82) is 5.41 Å². The SMILES string of the molecule is CN/C=C1\C(=N)C(C)(C)CCC1(C)C. The summed E-state index contributed by atoms with van der Waals surface area (Å²) in [7, 11) is 1.90. The van der Waals surface area contributed by atoms with Crippen LogP contribution in [0, 0.1) is 16.2 Å². The predicted octanol–water partition coefficient (Wildman–Crippen LogP) is 2.96. The van der Waals surface area contributed by atoms with E-state index in [1.807, 2.05) is 13.2 Å². The van der Waals surface area contributed by atoms with Gasteiger partial charge in [0.25, 0.3) is 0 Å². The van der Waals surface area contributed by atoms with Crippen LogP contribution in [0.3, 0.4) is 0 Å². The molecule has 0 amide bonds. The van der Waals surface area contributed by atoms with E-state index in [1.54, 1.807) is 0 Å². The van der Waals surface area contributed by atoms with Crippen LogP contribution in [0.25, 0.3) is 0 Å². The van der Waals surface area contributed by atoms with Crippen LogP contribution in [0.4, 0.5) is 0 Å². The van der Waals surface area contributed by atoms with E-state index in [0.29, 0.717) is 0 Å². The summed E-state index contributed by atoms with van der Waals surface area (Å²) in [5.74, 6) is 0. The van der Waals surface area contributed by atoms with Crippen molar-refractivity contribution in [1.82, 2.24) is 5.32 Å². The minimum absolute atomic E-state index is 0.0399. The molecule has 2 nitrogen and oxygen atoms in total. The topological polar surface area (TPSA) is 35.9 Å². The van der Waals surface area contributed by atoms with Crippen molar-refractivity contribution in [2.45, 2.75) is 40.5 Å². The van der Waals surface area contributed by atoms with Gasteiger partial charge in [0.1, 0.15) is 0 Å². The van der Waals surface area contributed by atoms with Gasteiger partial charge in [0.2, 0.25) is 0 Å². The molecule has 2 N–H and O–H groups in total. The van der Waals surface area contributed by atoms with Crippen LogP contribution in [0.2, 0.25) is 0 Å². The molecule has 2 heteroatoms. The van der Waals surface area contributed by atoms with Crippen molar-refractivity contribution in [3.63, 3.8) is 0 Å². The van der Waals surface area contributed by atoms with Crippen molar-refractivity contribution in [2.24, 2.45) is 10.8 Å². The lowest BCUT2D eigenvalue weighted by Gasteiger charge is -2.42. The maximum atomic E-state index is 8.20. The van der Waals surface area contributed by atoms with Gasteiger partial charge in [-0.1, -0.05) is 27.7 Å². The maximum Gasteiger partial charge on any atom is 0.0421 e. The van der Waals surface area contributed by atoms with Gasteiger partial charge in [0, 0.05) is 24.4 Å². The molecule has 1 aliphatic rings. The fourth-order valence-electron chi connectivity index (χ4n) is 2.00. The lowest BCUT2D eigenvalue weighted by Crippen LogP contribution is -2.38. The van der Waals surface area contributed by atoms with Gasteiger partial charge in [-0.2, -0.15) is 0 Å². The molecule has 1 aliphatic carbocycles. The Morgan fingerprint density at radius 3 is 2.14 bits per heavy atom. The summed E-state index contributed by atoms with van der Waals surface area (Å²) in [5, 5.41) is 11.3. The molecule has 0 radical (unpaired) electrons. The largest absolute Gasteiger partial charge is 0.394 e. The maximum absolute atomic E-state index is 8.20. The number of rotatable bonds is 1. The van der Waals surface area contributed by atoms with Crippen LogP contribution in [0.5, 0.6) is 0 Å². The summed E-state index contributed by atoms with van der Waals surface area (Å²) in [4.78, 5) is 0. The Balaban J connectivity index is 3.07. The Hall–Kier alpha value is -0.790. The second-order valence-corrected chi connectivity index (χ2v) is 5.49. The van der Waals surface area contributed by atoms with E-state index in [0.717, 1.165) is 24.1 Å². The van der Waals surface area contributed by atoms with Crippen molar-refractivity contribution in [3.8, 4) is 0 Å². The second kappa shape index (κ2) is 3.41. The lowest BCUT2D eigenvalue weighted by molar-refractivity contribution is 0.303. The molecule has 0 aromatic carbocycles. The van der Waals surface area contributed by atoms with Crippen molar-refractivity contribution >= 4 is 5.71 Å². The first-order valence-corrected chi connectivity index (χ1v) is 5.28. The van der Waals surface area contributed by atoms with Crippen LogP contribution in [-0.4, -0.2) is 12.8 Å². The van der Waals surface area contributed by atoms with Crippen LogP contribution >= 0.6 is 0 Å². The van der Waals surface area contributed by atoms with E-state index in [-0.39, 0.29) is 10.8 Å². The molecule has 0 aromatic heterocycles. The molecule has 0 bridgehead atoms. The molecule has 0 heterocycles. The molecular formula is C12H22N2. The van der Waals surface area contributed by atoms with Gasteiger partial charge in [0.05, 0.1) is 0 Å². The molecule has 0 atom stereocenters. The van der Waals surface area contributed by atoms with E-state index in [1.165, 1.54) is 0 Å². The summed E-state index contributed by atoms with van der Waals surface area (Å²) in [5.41, 5.74) is 2.15. The molecule has 1 rings (SSSR count). The highest BCUT2D eigenvalue weighted by atomic mass is 14.8. The summed E-state index contributed by atoms with van der Waals surface area (Å²) in [6.45, 7) is 8.77. The molecule has 14 heavy (non-hydrogen) atoms. The summed E-state index contributed by atoms with van der Waals surface area (Å²) >= 11 is 0. The van der Waals surface area contributed by atoms with Crippen LogP contribution < -0.4 is 5.32 Å². The first-order valence-electron chi connectivity index (χ1n) is 5.28. The smallest absolute Gasteiger partial charge is 0.0421 e. The molecule has 1 saturated carbocycles. The third-order valence-corrected chi connectivity index (χ3v) is 3.34. The molecule has 1 fully saturated rings. The lowest BCUT2D eigenvalue weighted by atomic mass is 9.63. The first-order chi connectivity index (χ1) is 6.31. The molecule has 80 valence electrons. The van der Waals surface area contributed by atoms with E-state index in [4.69, 9.17) is 5.41 Å². The first kappa shape index (κ1) is 11.3. The minimum Gasteiger partial charge on any atom is -0.394 e. The normalized spacial score (nSPS) is 27.8. The Morgan fingerprint density at radius 2 is 1.64 bits per heavy atom. The molecular weight excluding hydrogens is 172 g/mol. The standard InChI is InChI=1S/C12H22N2/c1-11(2)6-7-12(3,4)10(13)9(11)8-14-5/h8,13-14H,6-7H2,1-5H3/b9-8+,13-10?. The zero-order chi connectivity index (χ0) is 11.0. The van der Waals surface area contributed by atoms with Crippen molar-refractivity contribution in [2.75, 3.05) is 7.05 Å². The number of allylic oxidation sites excluding steroid dienone is 1. The second-order valence-electron chi connectivity index (χ2n) is 5.49. The zero-order valence-corrected chi connectivity index (χ0v) is 9.99. The quantitative estimate of drug-likeness (QED) is 0.661. The number of nitrogens with one attached hydrogen (secondary N) is 2. The van der Waals surface area contributed by atoms with Gasteiger partial charge in [0.15, 0.2) is 0 Å². The Kier molecular flexibility index (Phi) is 2.75. The van der Waals surface area contributed by atoms with E-state index < -0.39 is 0 Å². The van der Waals surface area contributed by atoms with Gasteiger partial charge < -0.3 is 10.7 Å². The molecule has 0 spiro atoms. The van der Waals surface area contributed by atoms with E-state index in [2.05, 4.69) is 33.0 Å². The van der Waals surface area contributed by atoms with Gasteiger partial charge in [-0.25, -0.2) is 0 Å². The predicted molar refractivity (Wildman–Crippen MR) is 61.7 cm³/mol. The highest BCUT2D eigenvalue weighted by molar-refractivity contribution is 6.03. The Morgan fingerprint density at radius 1 is 1.14 bits per heavy atom. The summed E-state index contributed by atoms with van der Waals surface area (Å²) < 4.78 is 0. The molecule has 0 aromatic rings. The third-order valence-electron chi connectivity index (χ3n) is 3.34. The third kappa shape index (κ3) is 1.84. The highest BCUT2D eigenvalue weighted by Gasteiger charge is 2.39. The number of hydrogen-bond acceptors (Lipinski definition) is 2. The van der Waals surface area contributed by atoms with Crippen molar-refractivity contribution in [3.05, 3.63) is 11.8 Å². The highest BCUT2D eigenvalue weighted by Crippen LogP contribution is 2.45. The van der Waals surface area contributed by atoms with Crippen LogP contribution in [0.1, 0.15) is 40.5 Å². The molecule has 0 aliphatic heterocycles. The molecule has 0 unspecified atom stereocenters. The minimum atomic E-state index is 0.0399. The van der Waals surface area contributed by atoms with Crippen LogP contribution in [0.15, 0.2) is 11.8 Å². The summed E-state index contributed by atoms with van der Waals surface area (Å²) in [6, 6.07) is 0. The van der Waals surface area contributed by atoms with Gasteiger partial charge in [-0.15, -0.1) is 0 Å².